The summed E-state index contributed by atoms with van der Waals surface area (Å²) in [5.74, 6) is -1.69. The van der Waals surface area contributed by atoms with Crippen LogP contribution in [0.3, 0.4) is 0 Å². The lowest BCUT2D eigenvalue weighted by atomic mass is 9.97. The number of aliphatic hydroxyl groups is 1. The number of rotatable bonds is 5. The number of hydrogen-bond acceptors (Lipinski definition) is 5. The number of aliphatic hydroxyl groups excluding tert-OH is 1. The molecule has 1 saturated heterocycles. The first-order valence-corrected chi connectivity index (χ1v) is 8.46. The lowest BCUT2D eigenvalue weighted by Gasteiger charge is -2.32. The van der Waals surface area contributed by atoms with E-state index in [1.165, 1.54) is 6.07 Å². The van der Waals surface area contributed by atoms with E-state index < -0.39 is 17.7 Å². The van der Waals surface area contributed by atoms with Gasteiger partial charge >= 0.3 is 0 Å². The van der Waals surface area contributed by atoms with Crippen LogP contribution in [-0.4, -0.2) is 40.6 Å². The number of amides is 1. The molecule has 2 atom stereocenters. The molecule has 138 valence electrons. The van der Waals surface area contributed by atoms with E-state index in [0.29, 0.717) is 6.54 Å². The molecule has 6 nitrogen and oxygen atoms in total. The predicted molar refractivity (Wildman–Crippen MR) is 91.3 cm³/mol. The zero-order valence-corrected chi connectivity index (χ0v) is 14.1. The summed E-state index contributed by atoms with van der Waals surface area (Å²) in [6.07, 6.45) is 5.35. The van der Waals surface area contributed by atoms with Crippen molar-refractivity contribution in [1.29, 1.82) is 0 Å². The highest BCUT2D eigenvalue weighted by Gasteiger charge is 2.27. The van der Waals surface area contributed by atoms with Crippen molar-refractivity contribution >= 4 is 11.7 Å². The summed E-state index contributed by atoms with van der Waals surface area (Å²) in [7, 11) is 0. The van der Waals surface area contributed by atoms with E-state index in [1.807, 2.05) is 4.90 Å². The molecule has 1 aliphatic rings. The first-order chi connectivity index (χ1) is 12.5. The summed E-state index contributed by atoms with van der Waals surface area (Å²) in [4.78, 5) is 22.7. The van der Waals surface area contributed by atoms with Crippen LogP contribution in [0.25, 0.3) is 0 Å². The minimum Gasteiger partial charge on any atom is -0.387 e. The smallest absolute Gasteiger partial charge is 0.225 e. The number of nitrogens with zero attached hydrogens (tertiary/aromatic N) is 3. The van der Waals surface area contributed by atoms with Crippen LogP contribution in [0.15, 0.2) is 36.8 Å². The van der Waals surface area contributed by atoms with Gasteiger partial charge in [-0.25, -0.2) is 13.8 Å². The van der Waals surface area contributed by atoms with E-state index in [2.05, 4.69) is 15.3 Å². The second kappa shape index (κ2) is 8.18. The van der Waals surface area contributed by atoms with Gasteiger partial charge in [-0.2, -0.15) is 0 Å². The maximum atomic E-state index is 13.2. The maximum absolute atomic E-state index is 13.2. The molecule has 0 saturated carbocycles. The first kappa shape index (κ1) is 18.2. The molecule has 26 heavy (non-hydrogen) atoms. The average Bonchev–Trinajstić information content (AvgIpc) is 2.68. The summed E-state index contributed by atoms with van der Waals surface area (Å²) in [5.41, 5.74) is 0.217. The Morgan fingerprint density at radius 3 is 2.92 bits per heavy atom. The lowest BCUT2D eigenvalue weighted by Crippen LogP contribution is -2.44. The standard InChI is InChI=1S/C18H20F2N4O2/c19-14-4-3-12(8-15(14)20)16(25)9-23-18(26)13-2-1-7-24(11-13)17-10-21-5-6-22-17/h3-6,8,10,13,16,25H,1-2,7,9,11H2,(H,23,26)/t13-,16-/m0/s1. The van der Waals surface area contributed by atoms with Gasteiger partial charge < -0.3 is 15.3 Å². The van der Waals surface area contributed by atoms with Crippen molar-refractivity contribution in [3.8, 4) is 0 Å². The zero-order chi connectivity index (χ0) is 18.5. The molecule has 0 aliphatic carbocycles. The number of carbonyl (C=O) groups is 1. The zero-order valence-electron chi connectivity index (χ0n) is 14.1. The monoisotopic (exact) mass is 362 g/mol. The topological polar surface area (TPSA) is 78.4 Å². The van der Waals surface area contributed by atoms with E-state index in [-0.39, 0.29) is 23.9 Å². The van der Waals surface area contributed by atoms with Crippen LogP contribution in [0.5, 0.6) is 0 Å². The highest BCUT2D eigenvalue weighted by atomic mass is 19.2. The number of piperidine rings is 1. The van der Waals surface area contributed by atoms with Gasteiger partial charge in [-0.05, 0) is 30.5 Å². The highest BCUT2D eigenvalue weighted by molar-refractivity contribution is 5.79. The fraction of sp³-hybridized carbons (Fsp3) is 0.389. The minimum atomic E-state index is -1.10. The molecule has 1 fully saturated rings. The van der Waals surface area contributed by atoms with E-state index in [9.17, 15) is 18.7 Å². The van der Waals surface area contributed by atoms with Crippen LogP contribution in [0.1, 0.15) is 24.5 Å². The third-order valence-electron chi connectivity index (χ3n) is 4.46. The van der Waals surface area contributed by atoms with Crippen molar-refractivity contribution in [2.45, 2.75) is 18.9 Å². The Morgan fingerprint density at radius 2 is 2.19 bits per heavy atom. The lowest BCUT2D eigenvalue weighted by molar-refractivity contribution is -0.125. The molecule has 2 aromatic rings. The Morgan fingerprint density at radius 1 is 1.35 bits per heavy atom. The Hall–Kier alpha value is -2.61. The molecule has 1 amide bonds. The largest absolute Gasteiger partial charge is 0.387 e. The predicted octanol–water partition coefficient (Wildman–Crippen LogP) is 1.82. The number of nitrogens with one attached hydrogen (secondary N) is 1. The average molecular weight is 362 g/mol. The molecule has 8 heteroatoms. The van der Waals surface area contributed by atoms with Crippen LogP contribution in [0.4, 0.5) is 14.6 Å². The van der Waals surface area contributed by atoms with Gasteiger partial charge in [-0.3, -0.25) is 9.78 Å². The number of anilines is 1. The molecule has 0 radical (unpaired) electrons. The van der Waals surface area contributed by atoms with E-state index in [4.69, 9.17) is 0 Å². The summed E-state index contributed by atoms with van der Waals surface area (Å²) in [5, 5.41) is 12.8. The Labute approximate surface area is 149 Å². The summed E-state index contributed by atoms with van der Waals surface area (Å²) in [6, 6.07) is 3.18. The normalized spacial score (nSPS) is 18.4. The fourth-order valence-corrected chi connectivity index (χ4v) is 3.03. The van der Waals surface area contributed by atoms with Crippen molar-refractivity contribution in [3.05, 3.63) is 54.0 Å². The number of carbonyl (C=O) groups excluding carboxylic acids is 1. The van der Waals surface area contributed by atoms with Gasteiger partial charge in [-0.1, -0.05) is 6.07 Å². The summed E-state index contributed by atoms with van der Waals surface area (Å²) in [6.45, 7) is 1.26. The maximum Gasteiger partial charge on any atom is 0.225 e. The van der Waals surface area contributed by atoms with Crippen molar-refractivity contribution in [2.75, 3.05) is 24.5 Å². The fourth-order valence-electron chi connectivity index (χ4n) is 3.03. The van der Waals surface area contributed by atoms with Crippen molar-refractivity contribution in [2.24, 2.45) is 5.92 Å². The minimum absolute atomic E-state index is 0.0639. The van der Waals surface area contributed by atoms with Gasteiger partial charge in [0.1, 0.15) is 5.82 Å². The van der Waals surface area contributed by atoms with Crippen LogP contribution in [0.2, 0.25) is 0 Å². The molecule has 2 N–H and O–H groups in total. The third-order valence-corrected chi connectivity index (χ3v) is 4.46. The Bertz CT molecular complexity index is 760. The summed E-state index contributed by atoms with van der Waals surface area (Å²) < 4.78 is 26.2. The van der Waals surface area contributed by atoms with Gasteiger partial charge in [0.15, 0.2) is 11.6 Å². The molecule has 2 heterocycles. The molecule has 0 bridgehead atoms. The molecule has 0 unspecified atom stereocenters. The van der Waals surface area contributed by atoms with Crippen LogP contribution < -0.4 is 10.2 Å². The van der Waals surface area contributed by atoms with E-state index in [0.717, 1.165) is 37.3 Å². The number of aromatic nitrogens is 2. The molecule has 1 aromatic heterocycles. The molecule has 1 aromatic carbocycles. The van der Waals surface area contributed by atoms with Gasteiger partial charge in [0, 0.05) is 32.0 Å². The molecule has 3 rings (SSSR count). The van der Waals surface area contributed by atoms with Gasteiger partial charge in [0.25, 0.3) is 0 Å². The van der Waals surface area contributed by atoms with E-state index in [1.54, 1.807) is 18.6 Å². The number of halogens is 2. The number of hydrogen-bond donors (Lipinski definition) is 2. The Kier molecular flexibility index (Phi) is 5.72. The van der Waals surface area contributed by atoms with E-state index >= 15 is 0 Å². The van der Waals surface area contributed by atoms with Crippen molar-refractivity contribution in [3.63, 3.8) is 0 Å². The third kappa shape index (κ3) is 4.32. The molecule has 1 aliphatic heterocycles. The highest BCUT2D eigenvalue weighted by Crippen LogP contribution is 2.21. The first-order valence-electron chi connectivity index (χ1n) is 8.46. The quantitative estimate of drug-likeness (QED) is 0.848. The SMILES string of the molecule is O=C(NC[C@H](O)c1ccc(F)c(F)c1)[C@H]1CCCN(c2cnccn2)C1. The molecular formula is C18H20F2N4O2. The van der Waals surface area contributed by atoms with Gasteiger partial charge in [-0.15, -0.1) is 0 Å². The van der Waals surface area contributed by atoms with Crippen molar-refractivity contribution < 1.29 is 18.7 Å². The van der Waals surface area contributed by atoms with Crippen LogP contribution >= 0.6 is 0 Å². The molecular weight excluding hydrogens is 342 g/mol. The number of benzene rings is 1. The summed E-state index contributed by atoms with van der Waals surface area (Å²) >= 11 is 0. The van der Waals surface area contributed by atoms with Gasteiger partial charge in [0.05, 0.1) is 18.2 Å². The Balaban J connectivity index is 1.55. The molecule has 0 spiro atoms. The van der Waals surface area contributed by atoms with Crippen LogP contribution in [-0.2, 0) is 4.79 Å². The van der Waals surface area contributed by atoms with Crippen molar-refractivity contribution in [1.82, 2.24) is 15.3 Å². The van der Waals surface area contributed by atoms with Gasteiger partial charge in [0.2, 0.25) is 5.91 Å². The van der Waals surface area contributed by atoms with Crippen LogP contribution in [0, 0.1) is 17.6 Å². The second-order valence-corrected chi connectivity index (χ2v) is 6.28. The second-order valence-electron chi connectivity index (χ2n) is 6.28.